The zero-order chi connectivity index (χ0) is 10.3. The highest BCUT2D eigenvalue weighted by atomic mass is 32.2. The second-order valence-corrected chi connectivity index (χ2v) is 4.09. The molecule has 0 unspecified atom stereocenters. The molecule has 0 aliphatic rings. The van der Waals surface area contributed by atoms with Crippen LogP contribution in [0.1, 0.15) is 6.42 Å². The molecule has 0 saturated carbocycles. The van der Waals surface area contributed by atoms with Gasteiger partial charge >= 0.3 is 6.08 Å². The van der Waals surface area contributed by atoms with Crippen LogP contribution in [0.25, 0.3) is 0 Å². The first kappa shape index (κ1) is 12.9. The van der Waals surface area contributed by atoms with Crippen LogP contribution in [0.15, 0.2) is 16.9 Å². The van der Waals surface area contributed by atoms with Crippen molar-refractivity contribution in [2.45, 2.75) is 6.42 Å². The molecule has 0 aromatic heterocycles. The Morgan fingerprint density at radius 1 is 1.31 bits per heavy atom. The maximum absolute atomic E-state index is 12.3. The minimum atomic E-state index is -2.22. The smallest absolute Gasteiger partial charge is 0.275 e. The van der Waals surface area contributed by atoms with Crippen molar-refractivity contribution in [1.29, 1.82) is 0 Å². The van der Waals surface area contributed by atoms with Crippen LogP contribution in [0.3, 0.4) is 0 Å². The van der Waals surface area contributed by atoms with E-state index in [0.717, 1.165) is 4.38 Å². The molecule has 0 aliphatic heterocycles. The molecule has 0 radical (unpaired) electrons. The molecule has 0 spiro atoms. The molecule has 6 heteroatoms. The highest BCUT2D eigenvalue weighted by Crippen LogP contribution is 2.20. The van der Waals surface area contributed by atoms with Crippen LogP contribution >= 0.6 is 23.5 Å². The van der Waals surface area contributed by atoms with E-state index in [0.29, 0.717) is 0 Å². The largest absolute Gasteiger partial charge is 0.301 e. The Kier molecular flexibility index (Phi) is 7.26. The van der Waals surface area contributed by atoms with Crippen LogP contribution in [0.2, 0.25) is 0 Å². The first-order valence-electron chi connectivity index (χ1n) is 3.45. The summed E-state index contributed by atoms with van der Waals surface area (Å²) in [5.74, 6) is -1.04. The summed E-state index contributed by atoms with van der Waals surface area (Å²) in [5, 5.41) is 0. The first-order chi connectivity index (χ1) is 6.11. The van der Waals surface area contributed by atoms with Crippen molar-refractivity contribution in [1.82, 2.24) is 0 Å². The molecule has 0 aromatic carbocycles. The third kappa shape index (κ3) is 6.04. The van der Waals surface area contributed by atoms with Gasteiger partial charge in [-0.15, -0.1) is 11.8 Å². The van der Waals surface area contributed by atoms with E-state index in [4.69, 9.17) is 0 Å². The van der Waals surface area contributed by atoms with Gasteiger partial charge in [0.2, 0.25) is 0 Å². The third-order valence-corrected chi connectivity index (χ3v) is 3.33. The van der Waals surface area contributed by atoms with Crippen molar-refractivity contribution < 1.29 is 13.2 Å². The normalized spacial score (nSPS) is 11.6. The quantitative estimate of drug-likeness (QED) is 0.542. The Hall–Kier alpha value is -0.100. The Morgan fingerprint density at radius 3 is 2.31 bits per heavy atom. The third-order valence-electron chi connectivity index (χ3n) is 1.11. The monoisotopic (exact) mass is 229 g/mol. The highest BCUT2D eigenvalue weighted by Gasteiger charge is 2.05. The average Bonchev–Trinajstić information content (AvgIpc) is 2.12. The van der Waals surface area contributed by atoms with Crippen LogP contribution in [0.4, 0.5) is 13.2 Å². The summed E-state index contributed by atoms with van der Waals surface area (Å²) in [6, 6.07) is 0. The van der Waals surface area contributed by atoms with Crippen LogP contribution in [-0.2, 0) is 0 Å². The molecule has 0 atom stereocenters. The standard InChI is InChI=1S/C7H10F3NS2/c1-11-7(12-2)13-4-3-5(8)6(9)10/h3-4H2,1-2H3. The summed E-state index contributed by atoms with van der Waals surface area (Å²) < 4.78 is 36.2. The Morgan fingerprint density at radius 2 is 1.92 bits per heavy atom. The van der Waals surface area contributed by atoms with E-state index in [-0.39, 0.29) is 12.2 Å². The zero-order valence-corrected chi connectivity index (χ0v) is 8.94. The van der Waals surface area contributed by atoms with Crippen LogP contribution in [0, 0.1) is 0 Å². The van der Waals surface area contributed by atoms with Gasteiger partial charge in [0.1, 0.15) is 4.38 Å². The molecule has 0 amide bonds. The summed E-state index contributed by atoms with van der Waals surface area (Å²) in [5.41, 5.74) is 0. The van der Waals surface area contributed by atoms with Gasteiger partial charge in [-0.05, 0) is 6.26 Å². The second kappa shape index (κ2) is 7.32. The molecule has 1 nitrogen and oxygen atoms in total. The highest BCUT2D eigenvalue weighted by molar-refractivity contribution is 8.38. The fourth-order valence-corrected chi connectivity index (χ4v) is 2.03. The molecular weight excluding hydrogens is 219 g/mol. The molecule has 0 rings (SSSR count). The van der Waals surface area contributed by atoms with E-state index in [2.05, 4.69) is 4.99 Å². The average molecular weight is 229 g/mol. The van der Waals surface area contributed by atoms with Gasteiger partial charge in [-0.2, -0.15) is 8.78 Å². The van der Waals surface area contributed by atoms with Crippen LogP contribution in [0.5, 0.6) is 0 Å². The summed E-state index contributed by atoms with van der Waals surface area (Å²) in [7, 11) is 1.61. The van der Waals surface area contributed by atoms with Gasteiger partial charge in [0, 0.05) is 19.2 Å². The summed E-state index contributed by atoms with van der Waals surface area (Å²) in [4.78, 5) is 3.86. The van der Waals surface area contributed by atoms with Gasteiger partial charge in [-0.3, -0.25) is 4.99 Å². The predicted octanol–water partition coefficient (Wildman–Crippen LogP) is 3.54. The molecule has 13 heavy (non-hydrogen) atoms. The fraction of sp³-hybridized carbons (Fsp3) is 0.571. The van der Waals surface area contributed by atoms with Crippen molar-refractivity contribution in [3.63, 3.8) is 0 Å². The number of allylic oxidation sites excluding steroid dienone is 1. The molecule has 0 saturated heterocycles. The maximum atomic E-state index is 12.3. The van der Waals surface area contributed by atoms with Crippen molar-refractivity contribution in [3.05, 3.63) is 11.9 Å². The minimum Gasteiger partial charge on any atom is -0.275 e. The number of thioether (sulfide) groups is 2. The Bertz CT molecular complexity index is 212. The molecule has 76 valence electrons. The number of hydrogen-bond acceptors (Lipinski definition) is 3. The molecule has 0 bridgehead atoms. The summed E-state index contributed by atoms with van der Waals surface area (Å²) >= 11 is 2.69. The lowest BCUT2D eigenvalue weighted by Gasteiger charge is -1.99. The van der Waals surface area contributed by atoms with Gasteiger partial charge in [-0.25, -0.2) is 4.39 Å². The minimum absolute atomic E-state index is 0.243. The number of hydrogen-bond donors (Lipinski definition) is 0. The second-order valence-electron chi connectivity index (χ2n) is 1.96. The number of rotatable bonds is 3. The lowest BCUT2D eigenvalue weighted by Crippen LogP contribution is -1.88. The van der Waals surface area contributed by atoms with Crippen molar-refractivity contribution >= 4 is 27.9 Å². The molecule has 0 aliphatic carbocycles. The van der Waals surface area contributed by atoms with Crippen molar-refractivity contribution in [2.75, 3.05) is 19.1 Å². The van der Waals surface area contributed by atoms with Crippen LogP contribution in [-0.4, -0.2) is 23.4 Å². The van der Waals surface area contributed by atoms with Gasteiger partial charge in [0.15, 0.2) is 5.83 Å². The van der Waals surface area contributed by atoms with E-state index in [1.54, 1.807) is 7.05 Å². The number of nitrogens with zero attached hydrogens (tertiary/aromatic N) is 1. The SMILES string of the molecule is CN=C(SC)SCCC(F)=C(F)F. The summed E-state index contributed by atoms with van der Waals surface area (Å²) in [6.07, 6.45) is -0.635. The Balaban J connectivity index is 3.75. The van der Waals surface area contributed by atoms with E-state index in [1.807, 2.05) is 6.26 Å². The van der Waals surface area contributed by atoms with E-state index >= 15 is 0 Å². The maximum Gasteiger partial charge on any atom is 0.301 e. The van der Waals surface area contributed by atoms with E-state index in [9.17, 15) is 13.2 Å². The molecule has 0 heterocycles. The fourth-order valence-electron chi connectivity index (χ4n) is 0.537. The lowest BCUT2D eigenvalue weighted by atomic mass is 10.4. The molecule has 0 aromatic rings. The summed E-state index contributed by atoms with van der Waals surface area (Å²) in [6.45, 7) is 0. The predicted molar refractivity (Wildman–Crippen MR) is 54.3 cm³/mol. The van der Waals surface area contributed by atoms with Crippen molar-refractivity contribution in [3.8, 4) is 0 Å². The van der Waals surface area contributed by atoms with Gasteiger partial charge < -0.3 is 0 Å². The van der Waals surface area contributed by atoms with Gasteiger partial charge in [0.25, 0.3) is 0 Å². The van der Waals surface area contributed by atoms with E-state index in [1.165, 1.54) is 23.5 Å². The number of aliphatic imine (C=N–C) groups is 1. The van der Waals surface area contributed by atoms with Crippen molar-refractivity contribution in [2.24, 2.45) is 4.99 Å². The van der Waals surface area contributed by atoms with Crippen LogP contribution < -0.4 is 0 Å². The number of halogens is 3. The van der Waals surface area contributed by atoms with Gasteiger partial charge in [0.05, 0.1) is 0 Å². The Labute approximate surface area is 83.9 Å². The lowest BCUT2D eigenvalue weighted by molar-refractivity contribution is 0.373. The van der Waals surface area contributed by atoms with Gasteiger partial charge in [-0.1, -0.05) is 11.8 Å². The first-order valence-corrected chi connectivity index (χ1v) is 5.66. The molecular formula is C7H10F3NS2. The zero-order valence-electron chi connectivity index (χ0n) is 7.31. The van der Waals surface area contributed by atoms with E-state index < -0.39 is 11.9 Å². The molecule has 0 fully saturated rings. The molecule has 0 N–H and O–H groups in total. The topological polar surface area (TPSA) is 12.4 Å².